The molecular formula is C19H20N2OS. The topological polar surface area (TPSA) is 32.7 Å². The van der Waals surface area contributed by atoms with Crippen LogP contribution in [-0.4, -0.2) is 17.5 Å². The Balaban J connectivity index is 1.97. The number of hydrogen-bond donors (Lipinski definition) is 0. The van der Waals surface area contributed by atoms with E-state index >= 15 is 0 Å². The molecule has 0 bridgehead atoms. The summed E-state index contributed by atoms with van der Waals surface area (Å²) < 4.78 is 0. The smallest absolute Gasteiger partial charge is 0.144 e. The number of carbonyl (C=O) groups is 1. The van der Waals surface area contributed by atoms with Crippen molar-refractivity contribution in [1.82, 2.24) is 5.01 Å². The minimum Gasteiger partial charge on any atom is -0.299 e. The first-order valence-corrected chi connectivity index (χ1v) is 8.77. The number of allylic oxidation sites excluding steroid dienone is 1. The van der Waals surface area contributed by atoms with Crippen LogP contribution in [0.3, 0.4) is 0 Å². The molecule has 0 N–H and O–H groups in total. The molecule has 1 atom stereocenters. The molecule has 0 fully saturated rings. The second-order valence-corrected chi connectivity index (χ2v) is 6.74. The Labute approximate surface area is 141 Å². The van der Waals surface area contributed by atoms with E-state index in [1.807, 2.05) is 28.6 Å². The van der Waals surface area contributed by atoms with Gasteiger partial charge in [-0.15, -0.1) is 11.3 Å². The van der Waals surface area contributed by atoms with Gasteiger partial charge in [0.1, 0.15) is 12.3 Å². The second kappa shape index (κ2) is 7.38. The first kappa shape index (κ1) is 15.7. The second-order valence-electron chi connectivity index (χ2n) is 5.54. The van der Waals surface area contributed by atoms with Crippen LogP contribution in [0.25, 0.3) is 0 Å². The lowest BCUT2D eigenvalue weighted by molar-refractivity contribution is -0.104. The third kappa shape index (κ3) is 3.42. The molecule has 1 aliphatic rings. The third-order valence-corrected chi connectivity index (χ3v) is 5.13. The largest absolute Gasteiger partial charge is 0.299 e. The Kier molecular flexibility index (Phi) is 5.03. The first-order chi connectivity index (χ1) is 11.3. The summed E-state index contributed by atoms with van der Waals surface area (Å²) in [6.45, 7) is 2.21. The number of hydrogen-bond acceptors (Lipinski definition) is 4. The molecule has 118 valence electrons. The van der Waals surface area contributed by atoms with Gasteiger partial charge in [-0.05, 0) is 36.6 Å². The molecule has 0 saturated heterocycles. The highest BCUT2D eigenvalue weighted by Crippen LogP contribution is 2.37. The number of thiophene rings is 1. The molecule has 3 nitrogen and oxygen atoms in total. The molecule has 0 radical (unpaired) electrons. The molecule has 0 spiro atoms. The predicted octanol–water partition coefficient (Wildman–Crippen LogP) is 4.54. The Morgan fingerprint density at radius 2 is 2.13 bits per heavy atom. The van der Waals surface area contributed by atoms with Crippen molar-refractivity contribution >= 4 is 23.8 Å². The number of aldehydes is 1. The Bertz CT molecular complexity index is 732. The Morgan fingerprint density at radius 1 is 1.26 bits per heavy atom. The highest BCUT2D eigenvalue weighted by atomic mass is 32.1. The van der Waals surface area contributed by atoms with E-state index < -0.39 is 0 Å². The van der Waals surface area contributed by atoms with E-state index in [4.69, 9.17) is 0 Å². The van der Waals surface area contributed by atoms with Gasteiger partial charge in [-0.2, -0.15) is 5.10 Å². The highest BCUT2D eigenvalue weighted by molar-refractivity contribution is 7.12. The zero-order chi connectivity index (χ0) is 16.1. The van der Waals surface area contributed by atoms with Gasteiger partial charge in [0.25, 0.3) is 0 Å². The summed E-state index contributed by atoms with van der Waals surface area (Å²) >= 11 is 1.84. The number of rotatable bonds is 6. The van der Waals surface area contributed by atoms with Gasteiger partial charge < -0.3 is 0 Å². The average molecular weight is 324 g/mol. The van der Waals surface area contributed by atoms with Crippen molar-refractivity contribution in [1.29, 1.82) is 0 Å². The van der Waals surface area contributed by atoms with Gasteiger partial charge in [-0.3, -0.25) is 9.80 Å². The van der Waals surface area contributed by atoms with Crippen LogP contribution >= 0.6 is 11.3 Å². The van der Waals surface area contributed by atoms with E-state index in [1.165, 1.54) is 34.2 Å². The van der Waals surface area contributed by atoms with Crippen LogP contribution in [0.5, 0.6) is 0 Å². The summed E-state index contributed by atoms with van der Waals surface area (Å²) in [6.07, 6.45) is 9.43. The normalized spacial score (nSPS) is 16.7. The van der Waals surface area contributed by atoms with Crippen LogP contribution in [0.2, 0.25) is 0 Å². The monoisotopic (exact) mass is 324 g/mol. The van der Waals surface area contributed by atoms with Gasteiger partial charge in [0.05, 0.1) is 6.21 Å². The Hall–Kier alpha value is -2.20. The Morgan fingerprint density at radius 3 is 2.96 bits per heavy atom. The van der Waals surface area contributed by atoms with Crippen LogP contribution in [0.4, 0.5) is 0 Å². The van der Waals surface area contributed by atoms with E-state index in [0.717, 1.165) is 18.3 Å². The summed E-state index contributed by atoms with van der Waals surface area (Å²) in [5.74, 6) is 0. The molecule has 1 aliphatic heterocycles. The molecule has 1 unspecified atom stereocenters. The number of carbonyl (C=O) groups excluding carboxylic acids is 1. The molecule has 1 aromatic carbocycles. The molecule has 2 heterocycles. The molecule has 3 rings (SSSR count). The lowest BCUT2D eigenvalue weighted by atomic mass is 9.98. The van der Waals surface area contributed by atoms with Crippen LogP contribution < -0.4 is 0 Å². The van der Waals surface area contributed by atoms with Crippen molar-refractivity contribution in [3.63, 3.8) is 0 Å². The average Bonchev–Trinajstić information content (AvgIpc) is 3.06. The molecule has 2 aromatic rings. The van der Waals surface area contributed by atoms with Gasteiger partial charge in [0.15, 0.2) is 0 Å². The van der Waals surface area contributed by atoms with Gasteiger partial charge in [-0.25, -0.2) is 0 Å². The third-order valence-electron chi connectivity index (χ3n) is 3.93. The first-order valence-electron chi connectivity index (χ1n) is 7.95. The fourth-order valence-corrected chi connectivity index (χ4v) is 3.94. The van der Waals surface area contributed by atoms with Crippen LogP contribution in [0, 0.1) is 0 Å². The van der Waals surface area contributed by atoms with Crippen LogP contribution in [-0.2, 0) is 11.2 Å². The summed E-state index contributed by atoms with van der Waals surface area (Å²) in [4.78, 5) is 13.4. The van der Waals surface area contributed by atoms with E-state index in [-0.39, 0.29) is 6.04 Å². The maximum absolute atomic E-state index is 10.7. The number of fused-ring (bicyclic) bond motifs is 1. The van der Waals surface area contributed by atoms with E-state index in [0.29, 0.717) is 0 Å². The van der Waals surface area contributed by atoms with Crippen molar-refractivity contribution in [3.8, 4) is 0 Å². The quantitative estimate of drug-likeness (QED) is 0.577. The zero-order valence-electron chi connectivity index (χ0n) is 13.2. The van der Waals surface area contributed by atoms with Gasteiger partial charge in [0, 0.05) is 21.5 Å². The van der Waals surface area contributed by atoms with Crippen molar-refractivity contribution < 1.29 is 4.79 Å². The lowest BCUT2D eigenvalue weighted by Crippen LogP contribution is -2.23. The van der Waals surface area contributed by atoms with E-state index in [9.17, 15) is 4.79 Å². The standard InChI is InChI=1S/C19H20N2OS/c1-2-3-8-16-10-11-18(23-16)19-17-9-5-4-7-15(17)14-20-21(19)12-6-13-22/h4-7,9-14,19H,2-3,8H2,1H3. The number of aryl methyl sites for hydroxylation is 1. The molecule has 4 heteroatoms. The lowest BCUT2D eigenvalue weighted by Gasteiger charge is -2.30. The minimum atomic E-state index is 0.0350. The molecule has 0 amide bonds. The molecule has 1 aromatic heterocycles. The maximum atomic E-state index is 10.7. The van der Waals surface area contributed by atoms with Crippen LogP contribution in [0.15, 0.2) is 53.8 Å². The van der Waals surface area contributed by atoms with Crippen LogP contribution in [0.1, 0.15) is 46.7 Å². The van der Waals surface area contributed by atoms with Gasteiger partial charge in [0.2, 0.25) is 0 Å². The number of nitrogens with zero attached hydrogens (tertiary/aromatic N) is 2. The minimum absolute atomic E-state index is 0.0350. The fourth-order valence-electron chi connectivity index (χ4n) is 2.77. The summed E-state index contributed by atoms with van der Waals surface area (Å²) in [5, 5.41) is 6.37. The van der Waals surface area contributed by atoms with Gasteiger partial charge >= 0.3 is 0 Å². The van der Waals surface area contributed by atoms with Gasteiger partial charge in [-0.1, -0.05) is 37.6 Å². The van der Waals surface area contributed by atoms with Crippen molar-refractivity contribution in [2.24, 2.45) is 5.10 Å². The number of benzene rings is 1. The predicted molar refractivity (Wildman–Crippen MR) is 95.9 cm³/mol. The summed E-state index contributed by atoms with van der Waals surface area (Å²) in [5.41, 5.74) is 2.36. The van der Waals surface area contributed by atoms with Crippen molar-refractivity contribution in [2.75, 3.05) is 0 Å². The molecular weight excluding hydrogens is 304 g/mol. The molecule has 0 aliphatic carbocycles. The van der Waals surface area contributed by atoms with Crippen molar-refractivity contribution in [2.45, 2.75) is 32.2 Å². The number of unbranched alkanes of at least 4 members (excludes halogenated alkanes) is 1. The van der Waals surface area contributed by atoms with E-state index in [1.54, 1.807) is 6.20 Å². The molecule has 23 heavy (non-hydrogen) atoms. The summed E-state index contributed by atoms with van der Waals surface area (Å²) in [6, 6.07) is 12.7. The molecule has 0 saturated carbocycles. The zero-order valence-corrected chi connectivity index (χ0v) is 14.0. The number of hydrazone groups is 1. The maximum Gasteiger partial charge on any atom is 0.144 e. The fraction of sp³-hybridized carbons (Fsp3) is 0.263. The SMILES string of the molecule is CCCCc1ccc(C2c3ccccc3C=NN2C=CC=O)s1. The summed E-state index contributed by atoms with van der Waals surface area (Å²) in [7, 11) is 0. The van der Waals surface area contributed by atoms with E-state index in [2.05, 4.69) is 42.4 Å². The highest BCUT2D eigenvalue weighted by Gasteiger charge is 2.26. The van der Waals surface area contributed by atoms with Crippen molar-refractivity contribution in [3.05, 3.63) is 69.6 Å².